The number of carbonyl (C=O) groups is 1. The normalized spacial score (nSPS) is 24.5. The molecular formula is C16H28N4O. The summed E-state index contributed by atoms with van der Waals surface area (Å²) < 4.78 is 1.93. The lowest BCUT2D eigenvalue weighted by atomic mass is 9.94. The summed E-state index contributed by atoms with van der Waals surface area (Å²) >= 11 is 0. The first-order valence-electron chi connectivity index (χ1n) is 7.83. The van der Waals surface area contributed by atoms with Crippen molar-refractivity contribution in [1.82, 2.24) is 14.7 Å². The van der Waals surface area contributed by atoms with E-state index in [1.807, 2.05) is 22.0 Å². The maximum atomic E-state index is 12.6. The molecule has 1 saturated heterocycles. The van der Waals surface area contributed by atoms with Crippen molar-refractivity contribution in [3.63, 3.8) is 0 Å². The molecule has 2 atom stereocenters. The van der Waals surface area contributed by atoms with Crippen LogP contribution >= 0.6 is 0 Å². The zero-order valence-corrected chi connectivity index (χ0v) is 13.8. The molecule has 0 spiro atoms. The predicted octanol–water partition coefficient (Wildman–Crippen LogP) is 2.64. The summed E-state index contributed by atoms with van der Waals surface area (Å²) in [7, 11) is 0. The Labute approximate surface area is 127 Å². The molecule has 0 radical (unpaired) electrons. The number of carbonyl (C=O) groups excluding carboxylic acids is 1. The first-order chi connectivity index (χ1) is 9.71. The van der Waals surface area contributed by atoms with E-state index in [1.165, 1.54) is 0 Å². The summed E-state index contributed by atoms with van der Waals surface area (Å²) in [5, 5.41) is 4.42. The quantitative estimate of drug-likeness (QED) is 0.911. The van der Waals surface area contributed by atoms with Gasteiger partial charge < -0.3 is 10.6 Å². The second-order valence-corrected chi connectivity index (χ2v) is 7.28. The molecule has 1 aliphatic heterocycles. The smallest absolute Gasteiger partial charge is 0.223 e. The first-order valence-corrected chi connectivity index (χ1v) is 7.83. The molecule has 21 heavy (non-hydrogen) atoms. The van der Waals surface area contributed by atoms with Crippen LogP contribution in [-0.4, -0.2) is 32.2 Å². The fourth-order valence-electron chi connectivity index (χ4n) is 3.09. The van der Waals surface area contributed by atoms with E-state index in [0.717, 1.165) is 18.4 Å². The van der Waals surface area contributed by atoms with Crippen LogP contribution in [0.25, 0.3) is 0 Å². The summed E-state index contributed by atoms with van der Waals surface area (Å²) in [6.07, 6.45) is 6.21. The number of hydrogen-bond donors (Lipinski definition) is 1. The molecule has 1 aromatic heterocycles. The molecule has 5 nitrogen and oxygen atoms in total. The van der Waals surface area contributed by atoms with Gasteiger partial charge in [-0.15, -0.1) is 0 Å². The molecule has 118 valence electrons. The van der Waals surface area contributed by atoms with E-state index >= 15 is 0 Å². The maximum Gasteiger partial charge on any atom is 0.223 e. The molecule has 1 aromatic rings. The Hall–Kier alpha value is -1.36. The fraction of sp³-hybridized carbons (Fsp3) is 0.750. The minimum absolute atomic E-state index is 0.0412. The predicted molar refractivity (Wildman–Crippen MR) is 83.8 cm³/mol. The van der Waals surface area contributed by atoms with Gasteiger partial charge in [-0.2, -0.15) is 5.10 Å². The Morgan fingerprint density at radius 3 is 2.57 bits per heavy atom. The molecule has 5 heteroatoms. The number of rotatable bonds is 2. The lowest BCUT2D eigenvalue weighted by molar-refractivity contribution is -0.139. The zero-order valence-electron chi connectivity index (χ0n) is 13.8. The van der Waals surface area contributed by atoms with E-state index < -0.39 is 0 Å². The van der Waals surface area contributed by atoms with Gasteiger partial charge in [0.2, 0.25) is 5.91 Å². The van der Waals surface area contributed by atoms with E-state index in [2.05, 4.69) is 39.7 Å². The summed E-state index contributed by atoms with van der Waals surface area (Å²) in [6, 6.07) is 0.174. The highest BCUT2D eigenvalue weighted by Gasteiger charge is 2.39. The average Bonchev–Trinajstić information content (AvgIpc) is 2.77. The molecular weight excluding hydrogens is 264 g/mol. The van der Waals surface area contributed by atoms with Crippen LogP contribution in [-0.2, 0) is 4.79 Å². The third-order valence-electron chi connectivity index (χ3n) is 4.10. The third kappa shape index (κ3) is 3.28. The van der Waals surface area contributed by atoms with Crippen LogP contribution in [0.4, 0.5) is 0 Å². The second-order valence-electron chi connectivity index (χ2n) is 7.28. The number of aromatic nitrogens is 2. The monoisotopic (exact) mass is 292 g/mol. The van der Waals surface area contributed by atoms with Gasteiger partial charge >= 0.3 is 0 Å². The Kier molecular flexibility index (Phi) is 4.42. The average molecular weight is 292 g/mol. The number of nitrogens with two attached hydrogens (primary N) is 1. The Morgan fingerprint density at radius 2 is 2.05 bits per heavy atom. The molecule has 1 amide bonds. The van der Waals surface area contributed by atoms with Gasteiger partial charge in [0, 0.05) is 35.8 Å². The molecule has 1 fully saturated rings. The van der Waals surface area contributed by atoms with Gasteiger partial charge in [0.05, 0.1) is 12.2 Å². The number of nitrogens with zero attached hydrogens (tertiary/aromatic N) is 3. The summed E-state index contributed by atoms with van der Waals surface area (Å²) in [6.45, 7) is 10.4. The SMILES string of the molecule is CC(C)n1cc(C2C(N)CCCC(=O)N2C(C)(C)C)cn1. The van der Waals surface area contributed by atoms with Crippen LogP contribution < -0.4 is 5.73 Å². The van der Waals surface area contributed by atoms with Crippen LogP contribution in [0.2, 0.25) is 0 Å². The second kappa shape index (κ2) is 5.79. The first kappa shape index (κ1) is 16.0. The minimum atomic E-state index is -0.246. The molecule has 0 aliphatic carbocycles. The van der Waals surface area contributed by atoms with Crippen molar-refractivity contribution in [2.24, 2.45) is 5.73 Å². The number of amides is 1. The Balaban J connectivity index is 2.44. The van der Waals surface area contributed by atoms with Crippen molar-refractivity contribution in [3.05, 3.63) is 18.0 Å². The fourth-order valence-corrected chi connectivity index (χ4v) is 3.09. The van der Waals surface area contributed by atoms with Gasteiger partial charge in [0.1, 0.15) is 0 Å². The molecule has 1 aliphatic rings. The van der Waals surface area contributed by atoms with Crippen molar-refractivity contribution in [2.75, 3.05) is 0 Å². The summed E-state index contributed by atoms with van der Waals surface area (Å²) in [4.78, 5) is 14.5. The maximum absolute atomic E-state index is 12.6. The molecule has 0 bridgehead atoms. The van der Waals surface area contributed by atoms with Crippen LogP contribution in [0.1, 0.15) is 71.5 Å². The highest BCUT2D eigenvalue weighted by molar-refractivity contribution is 5.78. The van der Waals surface area contributed by atoms with E-state index in [9.17, 15) is 4.79 Å². The molecule has 2 rings (SSSR count). The van der Waals surface area contributed by atoms with Gasteiger partial charge in [-0.1, -0.05) is 0 Å². The number of hydrogen-bond acceptors (Lipinski definition) is 3. The van der Waals surface area contributed by atoms with Crippen molar-refractivity contribution in [3.8, 4) is 0 Å². The van der Waals surface area contributed by atoms with Gasteiger partial charge in [-0.25, -0.2) is 0 Å². The summed E-state index contributed by atoms with van der Waals surface area (Å²) in [5.41, 5.74) is 7.21. The Bertz CT molecular complexity index is 501. The van der Waals surface area contributed by atoms with Gasteiger partial charge in [-0.05, 0) is 47.5 Å². The van der Waals surface area contributed by atoms with E-state index in [4.69, 9.17) is 5.73 Å². The highest BCUT2D eigenvalue weighted by atomic mass is 16.2. The molecule has 2 unspecified atom stereocenters. The molecule has 2 heterocycles. The minimum Gasteiger partial charge on any atom is -0.329 e. The van der Waals surface area contributed by atoms with Crippen LogP contribution in [0.3, 0.4) is 0 Å². The number of likely N-dealkylation sites (tertiary alicyclic amines) is 1. The molecule has 2 N–H and O–H groups in total. The lowest BCUT2D eigenvalue weighted by Gasteiger charge is -2.42. The lowest BCUT2D eigenvalue weighted by Crippen LogP contribution is -2.51. The van der Waals surface area contributed by atoms with Gasteiger partial charge in [0.15, 0.2) is 0 Å². The third-order valence-corrected chi connectivity index (χ3v) is 4.10. The Morgan fingerprint density at radius 1 is 1.38 bits per heavy atom. The largest absolute Gasteiger partial charge is 0.329 e. The standard InChI is InChI=1S/C16H28N4O/c1-11(2)19-10-12(9-18-19)15-13(17)7-6-8-14(21)20(15)16(3,4)5/h9-11,13,15H,6-8,17H2,1-5H3. The van der Waals surface area contributed by atoms with Crippen LogP contribution in [0.5, 0.6) is 0 Å². The van der Waals surface area contributed by atoms with Crippen molar-refractivity contribution in [2.45, 2.75) is 77.5 Å². The zero-order chi connectivity index (χ0) is 15.8. The van der Waals surface area contributed by atoms with E-state index in [1.54, 1.807) is 0 Å². The topological polar surface area (TPSA) is 64.2 Å². The van der Waals surface area contributed by atoms with Crippen LogP contribution in [0, 0.1) is 0 Å². The van der Waals surface area contributed by atoms with Gasteiger partial charge in [0.25, 0.3) is 0 Å². The van der Waals surface area contributed by atoms with Gasteiger partial charge in [-0.3, -0.25) is 9.48 Å². The highest BCUT2D eigenvalue weighted by Crippen LogP contribution is 2.35. The van der Waals surface area contributed by atoms with E-state index in [0.29, 0.717) is 12.5 Å². The van der Waals surface area contributed by atoms with E-state index in [-0.39, 0.29) is 23.5 Å². The van der Waals surface area contributed by atoms with Crippen molar-refractivity contribution >= 4 is 5.91 Å². The van der Waals surface area contributed by atoms with Crippen molar-refractivity contribution in [1.29, 1.82) is 0 Å². The summed E-state index contributed by atoms with van der Waals surface area (Å²) in [5.74, 6) is 0.192. The molecule has 0 aromatic carbocycles. The molecule has 0 saturated carbocycles. The van der Waals surface area contributed by atoms with Crippen molar-refractivity contribution < 1.29 is 4.79 Å². The van der Waals surface area contributed by atoms with Crippen LogP contribution in [0.15, 0.2) is 12.4 Å².